The second kappa shape index (κ2) is 8.26. The van der Waals surface area contributed by atoms with Crippen molar-refractivity contribution in [3.63, 3.8) is 0 Å². The van der Waals surface area contributed by atoms with E-state index in [1.54, 1.807) is 12.1 Å². The molecule has 0 aliphatic carbocycles. The molecule has 1 aromatic carbocycles. The molecule has 0 radical (unpaired) electrons. The third-order valence-corrected chi connectivity index (χ3v) is 3.82. The lowest BCUT2D eigenvalue weighted by atomic mass is 9.99. The molecule has 1 heterocycles. The van der Waals surface area contributed by atoms with Gasteiger partial charge in [-0.1, -0.05) is 39.2 Å². The molecule has 0 saturated carbocycles. The third-order valence-electron chi connectivity index (χ3n) is 3.82. The Bertz CT molecular complexity index is 582. The summed E-state index contributed by atoms with van der Waals surface area (Å²) in [6.45, 7) is 5.09. The lowest BCUT2D eigenvalue weighted by Crippen LogP contribution is -2.29. The quantitative estimate of drug-likeness (QED) is 0.813. The van der Waals surface area contributed by atoms with Gasteiger partial charge in [-0.25, -0.2) is 4.68 Å². The molecule has 6 nitrogen and oxygen atoms in total. The standard InChI is InChI=1S/C16H23N5O/c1-3-5-7-13(4-2)11-17-16(22)14-8-6-9-15(10-14)21-12-18-19-20-21/h6,8-10,12-13H,3-5,7,11H2,1-2H3,(H,17,22)/t13-/m1/s1. The number of tetrazole rings is 1. The van der Waals surface area contributed by atoms with Gasteiger partial charge < -0.3 is 5.32 Å². The van der Waals surface area contributed by atoms with Crippen molar-refractivity contribution in [2.24, 2.45) is 5.92 Å². The predicted molar refractivity (Wildman–Crippen MR) is 84.8 cm³/mol. The van der Waals surface area contributed by atoms with Crippen molar-refractivity contribution >= 4 is 5.91 Å². The van der Waals surface area contributed by atoms with Crippen LogP contribution < -0.4 is 5.32 Å². The maximum Gasteiger partial charge on any atom is 0.251 e. The summed E-state index contributed by atoms with van der Waals surface area (Å²) in [5, 5.41) is 14.1. The first-order valence-corrected chi connectivity index (χ1v) is 7.86. The average molecular weight is 301 g/mol. The average Bonchev–Trinajstić information content (AvgIpc) is 3.09. The van der Waals surface area contributed by atoms with Gasteiger partial charge in [0, 0.05) is 12.1 Å². The van der Waals surface area contributed by atoms with Gasteiger partial charge in [-0.05, 0) is 41.0 Å². The van der Waals surface area contributed by atoms with Crippen molar-refractivity contribution in [2.75, 3.05) is 6.54 Å². The van der Waals surface area contributed by atoms with Crippen LogP contribution in [0.3, 0.4) is 0 Å². The molecule has 2 aromatic rings. The first-order chi connectivity index (χ1) is 10.7. The van der Waals surface area contributed by atoms with Gasteiger partial charge in [-0.15, -0.1) is 5.10 Å². The first kappa shape index (κ1) is 16.1. The number of carbonyl (C=O) groups is 1. The molecule has 0 fully saturated rings. The fourth-order valence-corrected chi connectivity index (χ4v) is 2.35. The number of unbranched alkanes of at least 4 members (excludes halogenated alkanes) is 1. The van der Waals surface area contributed by atoms with Crippen LogP contribution in [0, 0.1) is 5.92 Å². The highest BCUT2D eigenvalue weighted by Crippen LogP contribution is 2.12. The summed E-state index contributed by atoms with van der Waals surface area (Å²) >= 11 is 0. The number of rotatable bonds is 8. The van der Waals surface area contributed by atoms with Crippen LogP contribution >= 0.6 is 0 Å². The van der Waals surface area contributed by atoms with Gasteiger partial charge in [0.2, 0.25) is 0 Å². The molecule has 1 atom stereocenters. The number of amides is 1. The van der Waals surface area contributed by atoms with Crippen LogP contribution in [-0.4, -0.2) is 32.7 Å². The number of nitrogens with zero attached hydrogens (tertiary/aromatic N) is 4. The summed E-state index contributed by atoms with van der Waals surface area (Å²) < 4.78 is 1.53. The van der Waals surface area contributed by atoms with E-state index in [-0.39, 0.29) is 5.91 Å². The summed E-state index contributed by atoms with van der Waals surface area (Å²) in [7, 11) is 0. The van der Waals surface area contributed by atoms with Gasteiger partial charge in [0.05, 0.1) is 5.69 Å². The SMILES string of the molecule is CCCC[C@@H](CC)CNC(=O)c1cccc(-n2cnnn2)c1. The minimum atomic E-state index is -0.0510. The van der Waals surface area contributed by atoms with E-state index in [2.05, 4.69) is 34.7 Å². The van der Waals surface area contributed by atoms with E-state index in [9.17, 15) is 4.79 Å². The summed E-state index contributed by atoms with van der Waals surface area (Å²) in [4.78, 5) is 12.3. The highest BCUT2D eigenvalue weighted by Gasteiger charge is 2.11. The smallest absolute Gasteiger partial charge is 0.251 e. The minimum Gasteiger partial charge on any atom is -0.352 e. The van der Waals surface area contributed by atoms with Crippen LogP contribution in [0.1, 0.15) is 49.9 Å². The van der Waals surface area contributed by atoms with Crippen molar-refractivity contribution in [3.8, 4) is 5.69 Å². The molecule has 6 heteroatoms. The van der Waals surface area contributed by atoms with E-state index in [0.717, 1.165) is 25.1 Å². The molecular weight excluding hydrogens is 278 g/mol. The zero-order valence-electron chi connectivity index (χ0n) is 13.2. The number of hydrogen-bond donors (Lipinski definition) is 1. The first-order valence-electron chi connectivity index (χ1n) is 7.86. The van der Waals surface area contributed by atoms with Gasteiger partial charge in [0.1, 0.15) is 6.33 Å². The van der Waals surface area contributed by atoms with Crippen LogP contribution in [0.5, 0.6) is 0 Å². The molecule has 1 N–H and O–H groups in total. The Morgan fingerprint density at radius 1 is 1.36 bits per heavy atom. The Kier molecular flexibility index (Phi) is 6.06. The minimum absolute atomic E-state index is 0.0510. The van der Waals surface area contributed by atoms with Gasteiger partial charge in [-0.2, -0.15) is 0 Å². The summed E-state index contributed by atoms with van der Waals surface area (Å²) in [6, 6.07) is 7.29. The Balaban J connectivity index is 1.96. The van der Waals surface area contributed by atoms with Crippen molar-refractivity contribution in [1.29, 1.82) is 0 Å². The van der Waals surface area contributed by atoms with Crippen LogP contribution in [0.15, 0.2) is 30.6 Å². The number of aromatic nitrogens is 4. The van der Waals surface area contributed by atoms with Crippen molar-refractivity contribution in [2.45, 2.75) is 39.5 Å². The Morgan fingerprint density at radius 3 is 2.91 bits per heavy atom. The number of nitrogens with one attached hydrogen (secondary N) is 1. The van der Waals surface area contributed by atoms with Crippen molar-refractivity contribution in [1.82, 2.24) is 25.5 Å². The zero-order valence-corrected chi connectivity index (χ0v) is 13.2. The second-order valence-electron chi connectivity index (χ2n) is 5.43. The van der Waals surface area contributed by atoms with Crippen molar-refractivity contribution in [3.05, 3.63) is 36.2 Å². The maximum atomic E-state index is 12.3. The molecule has 0 bridgehead atoms. The highest BCUT2D eigenvalue weighted by atomic mass is 16.1. The highest BCUT2D eigenvalue weighted by molar-refractivity contribution is 5.94. The van der Waals surface area contributed by atoms with Crippen LogP contribution in [0.25, 0.3) is 5.69 Å². The molecule has 2 rings (SSSR count). The van der Waals surface area contributed by atoms with Gasteiger partial charge in [0.15, 0.2) is 0 Å². The molecule has 22 heavy (non-hydrogen) atoms. The Labute approximate surface area is 130 Å². The fraction of sp³-hybridized carbons (Fsp3) is 0.500. The summed E-state index contributed by atoms with van der Waals surface area (Å²) in [5.74, 6) is 0.497. The normalized spacial score (nSPS) is 12.1. The molecular formula is C16H23N5O. The molecule has 0 aliphatic heterocycles. The maximum absolute atomic E-state index is 12.3. The Morgan fingerprint density at radius 2 is 2.23 bits per heavy atom. The van der Waals surface area contributed by atoms with Crippen LogP contribution in [0.4, 0.5) is 0 Å². The van der Waals surface area contributed by atoms with E-state index < -0.39 is 0 Å². The van der Waals surface area contributed by atoms with Crippen LogP contribution in [-0.2, 0) is 0 Å². The lowest BCUT2D eigenvalue weighted by Gasteiger charge is -2.15. The molecule has 1 amide bonds. The number of carbonyl (C=O) groups excluding carboxylic acids is 1. The van der Waals surface area contributed by atoms with E-state index in [1.165, 1.54) is 23.9 Å². The predicted octanol–water partition coefficient (Wildman–Crippen LogP) is 2.61. The molecule has 1 aromatic heterocycles. The molecule has 0 unspecified atom stereocenters. The van der Waals surface area contributed by atoms with E-state index in [1.807, 2.05) is 12.1 Å². The van der Waals surface area contributed by atoms with Gasteiger partial charge in [-0.3, -0.25) is 4.79 Å². The number of hydrogen-bond acceptors (Lipinski definition) is 4. The summed E-state index contributed by atoms with van der Waals surface area (Å²) in [5.41, 5.74) is 1.40. The number of benzene rings is 1. The second-order valence-corrected chi connectivity index (χ2v) is 5.43. The lowest BCUT2D eigenvalue weighted by molar-refractivity contribution is 0.0946. The fourth-order valence-electron chi connectivity index (χ4n) is 2.35. The molecule has 118 valence electrons. The molecule has 0 aliphatic rings. The van der Waals surface area contributed by atoms with E-state index in [4.69, 9.17) is 0 Å². The van der Waals surface area contributed by atoms with E-state index in [0.29, 0.717) is 11.5 Å². The molecule has 0 spiro atoms. The topological polar surface area (TPSA) is 72.7 Å². The van der Waals surface area contributed by atoms with Gasteiger partial charge >= 0.3 is 0 Å². The summed E-state index contributed by atoms with van der Waals surface area (Å²) in [6.07, 6.45) is 6.17. The van der Waals surface area contributed by atoms with Crippen LogP contribution in [0.2, 0.25) is 0 Å². The largest absolute Gasteiger partial charge is 0.352 e. The Hall–Kier alpha value is -2.24. The zero-order chi connectivity index (χ0) is 15.8. The van der Waals surface area contributed by atoms with Gasteiger partial charge in [0.25, 0.3) is 5.91 Å². The molecule has 0 saturated heterocycles. The van der Waals surface area contributed by atoms with E-state index >= 15 is 0 Å². The third kappa shape index (κ3) is 4.38. The van der Waals surface area contributed by atoms with Crippen molar-refractivity contribution < 1.29 is 4.79 Å². The monoisotopic (exact) mass is 301 g/mol.